The summed E-state index contributed by atoms with van der Waals surface area (Å²) in [6, 6.07) is 0.287. The van der Waals surface area contributed by atoms with E-state index in [2.05, 4.69) is 10.2 Å². The Labute approximate surface area is 145 Å². The number of hydrogen-bond donors (Lipinski definition) is 1. The van der Waals surface area contributed by atoms with Crippen LogP contribution >= 0.6 is 11.6 Å². The summed E-state index contributed by atoms with van der Waals surface area (Å²) in [5.41, 5.74) is 0.172. The number of carbonyl (C=O) groups excluding carboxylic acids is 1. The number of hydrogen-bond acceptors (Lipinski definition) is 5. The highest BCUT2D eigenvalue weighted by Gasteiger charge is 2.30. The lowest BCUT2D eigenvalue weighted by Crippen LogP contribution is -2.40. The normalized spacial score (nSPS) is 21.8. The summed E-state index contributed by atoms with van der Waals surface area (Å²) in [5, 5.41) is 6.21. The lowest BCUT2D eigenvalue weighted by Gasteiger charge is -2.31. The van der Waals surface area contributed by atoms with Gasteiger partial charge in [0.05, 0.1) is 18.4 Å². The zero-order valence-electron chi connectivity index (χ0n) is 13.8. The van der Waals surface area contributed by atoms with E-state index >= 15 is 0 Å². The van der Waals surface area contributed by atoms with Gasteiger partial charge in [0.1, 0.15) is 11.1 Å². The predicted octanol–water partition coefficient (Wildman–Crippen LogP) is 2.40. The highest BCUT2D eigenvalue weighted by atomic mass is 35.5. The molecule has 2 heterocycles. The molecule has 1 saturated carbocycles. The molecule has 1 saturated heterocycles. The van der Waals surface area contributed by atoms with Gasteiger partial charge in [0.25, 0.3) is 5.56 Å². The summed E-state index contributed by atoms with van der Waals surface area (Å²) in [7, 11) is 1.82. The fraction of sp³-hybridized carbons (Fsp3) is 0.688. The third kappa shape index (κ3) is 3.66. The Balaban J connectivity index is 1.56. The van der Waals surface area contributed by atoms with Gasteiger partial charge in [-0.05, 0) is 12.8 Å². The molecular formula is C16H23ClN4O3. The van der Waals surface area contributed by atoms with E-state index in [9.17, 15) is 9.59 Å². The SMILES string of the molecule is CN(C(=O)O[C@@H]1CCN(c2cn[nH]c(=O)c2Cl)C1)C1CCCCC1. The van der Waals surface area contributed by atoms with Crippen molar-refractivity contribution >= 4 is 23.4 Å². The van der Waals surface area contributed by atoms with Gasteiger partial charge < -0.3 is 14.5 Å². The van der Waals surface area contributed by atoms with Crippen LogP contribution in [0, 0.1) is 0 Å². The summed E-state index contributed by atoms with van der Waals surface area (Å²) < 4.78 is 5.64. The molecule has 3 rings (SSSR count). The highest BCUT2D eigenvalue weighted by molar-refractivity contribution is 6.33. The van der Waals surface area contributed by atoms with Crippen LogP contribution in [0.4, 0.5) is 10.5 Å². The summed E-state index contributed by atoms with van der Waals surface area (Å²) in [6.45, 7) is 1.20. The van der Waals surface area contributed by atoms with Crippen LogP contribution in [0.15, 0.2) is 11.0 Å². The number of nitrogens with zero attached hydrogens (tertiary/aromatic N) is 3. The zero-order chi connectivity index (χ0) is 17.1. The fourth-order valence-corrected chi connectivity index (χ4v) is 3.69. The molecule has 1 aromatic rings. The van der Waals surface area contributed by atoms with E-state index in [1.165, 1.54) is 25.5 Å². The van der Waals surface area contributed by atoms with E-state index in [4.69, 9.17) is 16.3 Å². The average molecular weight is 355 g/mol. The first-order valence-corrected chi connectivity index (χ1v) is 8.85. The Morgan fingerprint density at radius 1 is 1.38 bits per heavy atom. The van der Waals surface area contributed by atoms with Crippen molar-refractivity contribution in [3.63, 3.8) is 0 Å². The van der Waals surface area contributed by atoms with Crippen LogP contribution in [-0.4, -0.2) is 53.5 Å². The van der Waals surface area contributed by atoms with Gasteiger partial charge in [-0.2, -0.15) is 5.10 Å². The third-order valence-corrected chi connectivity index (χ3v) is 5.31. The van der Waals surface area contributed by atoms with E-state index < -0.39 is 5.56 Å². The number of nitrogens with one attached hydrogen (secondary N) is 1. The number of rotatable bonds is 3. The molecule has 8 heteroatoms. The van der Waals surface area contributed by atoms with Gasteiger partial charge in [-0.3, -0.25) is 4.79 Å². The molecule has 2 fully saturated rings. The Kier molecular flexibility index (Phi) is 5.28. The van der Waals surface area contributed by atoms with Crippen molar-refractivity contribution < 1.29 is 9.53 Å². The lowest BCUT2D eigenvalue weighted by molar-refractivity contribution is 0.0612. The number of aromatic amines is 1. The first kappa shape index (κ1) is 17.1. The number of H-pyrrole nitrogens is 1. The lowest BCUT2D eigenvalue weighted by atomic mass is 9.95. The number of ether oxygens (including phenoxy) is 1. The van der Waals surface area contributed by atoms with Crippen LogP contribution in [0.25, 0.3) is 0 Å². The molecule has 0 spiro atoms. The molecule has 24 heavy (non-hydrogen) atoms. The van der Waals surface area contributed by atoms with E-state index in [1.54, 1.807) is 4.90 Å². The van der Waals surface area contributed by atoms with Crippen LogP contribution in [-0.2, 0) is 4.74 Å². The third-order valence-electron chi connectivity index (χ3n) is 4.94. The molecule has 1 aliphatic carbocycles. The largest absolute Gasteiger partial charge is 0.444 e. The summed E-state index contributed by atoms with van der Waals surface area (Å²) in [4.78, 5) is 27.6. The summed E-state index contributed by atoms with van der Waals surface area (Å²) in [6.07, 6.45) is 7.49. The molecule has 0 aromatic carbocycles. The molecule has 132 valence electrons. The van der Waals surface area contributed by atoms with Gasteiger partial charge in [-0.15, -0.1) is 0 Å². The molecule has 0 bridgehead atoms. The van der Waals surface area contributed by atoms with Gasteiger partial charge in [0.2, 0.25) is 0 Å². The zero-order valence-corrected chi connectivity index (χ0v) is 14.6. The molecule has 1 atom stereocenters. The molecule has 2 aliphatic rings. The molecule has 1 amide bonds. The molecule has 1 aliphatic heterocycles. The quantitative estimate of drug-likeness (QED) is 0.901. The summed E-state index contributed by atoms with van der Waals surface area (Å²) >= 11 is 6.04. The van der Waals surface area contributed by atoms with Crippen LogP contribution in [0.2, 0.25) is 5.02 Å². The molecular weight excluding hydrogens is 332 g/mol. The predicted molar refractivity (Wildman–Crippen MR) is 91.6 cm³/mol. The molecule has 0 radical (unpaired) electrons. The first-order valence-electron chi connectivity index (χ1n) is 8.48. The van der Waals surface area contributed by atoms with Gasteiger partial charge in [-0.25, -0.2) is 9.89 Å². The minimum atomic E-state index is -0.411. The van der Waals surface area contributed by atoms with Crippen LogP contribution < -0.4 is 10.5 Å². The summed E-state index contributed by atoms with van der Waals surface area (Å²) in [5.74, 6) is 0. The van der Waals surface area contributed by atoms with Crippen molar-refractivity contribution in [1.29, 1.82) is 0 Å². The maximum Gasteiger partial charge on any atom is 0.410 e. The number of aromatic nitrogens is 2. The molecule has 1 N–H and O–H groups in total. The van der Waals surface area contributed by atoms with Crippen molar-refractivity contribution in [2.75, 3.05) is 25.0 Å². The van der Waals surface area contributed by atoms with E-state index in [1.807, 2.05) is 11.9 Å². The van der Waals surface area contributed by atoms with E-state index in [0.717, 1.165) is 12.8 Å². The van der Waals surface area contributed by atoms with E-state index in [-0.39, 0.29) is 23.3 Å². The maximum absolute atomic E-state index is 12.4. The standard InChI is InChI=1S/C16H23ClN4O3/c1-20(11-5-3-2-4-6-11)16(23)24-12-7-8-21(10-12)13-9-18-19-15(22)14(13)17/h9,11-12H,2-8,10H2,1H3,(H,19,22)/t12-/m1/s1. The van der Waals surface area contributed by atoms with Crippen LogP contribution in [0.3, 0.4) is 0 Å². The second kappa shape index (κ2) is 7.42. The van der Waals surface area contributed by atoms with Crippen molar-refractivity contribution in [2.45, 2.75) is 50.7 Å². The van der Waals surface area contributed by atoms with Gasteiger partial charge >= 0.3 is 6.09 Å². The van der Waals surface area contributed by atoms with Crippen molar-refractivity contribution in [1.82, 2.24) is 15.1 Å². The number of amides is 1. The van der Waals surface area contributed by atoms with Crippen LogP contribution in [0.1, 0.15) is 38.5 Å². The molecule has 1 aromatic heterocycles. The van der Waals surface area contributed by atoms with Gasteiger partial charge in [0, 0.05) is 26.1 Å². The fourth-order valence-electron chi connectivity index (χ4n) is 3.48. The Hall–Kier alpha value is -1.76. The van der Waals surface area contributed by atoms with Crippen molar-refractivity contribution in [3.8, 4) is 0 Å². The Morgan fingerprint density at radius 3 is 2.88 bits per heavy atom. The second-order valence-corrected chi connectivity index (χ2v) is 6.92. The van der Waals surface area contributed by atoms with Gasteiger partial charge in [-0.1, -0.05) is 30.9 Å². The maximum atomic E-state index is 12.4. The minimum absolute atomic E-state index is 0.122. The van der Waals surface area contributed by atoms with Crippen LogP contribution in [0.5, 0.6) is 0 Å². The number of anilines is 1. The topological polar surface area (TPSA) is 78.5 Å². The first-order chi connectivity index (χ1) is 11.6. The minimum Gasteiger partial charge on any atom is -0.444 e. The van der Waals surface area contributed by atoms with Crippen molar-refractivity contribution in [3.05, 3.63) is 21.6 Å². The highest BCUT2D eigenvalue weighted by Crippen LogP contribution is 2.27. The Morgan fingerprint density at radius 2 is 2.12 bits per heavy atom. The van der Waals surface area contributed by atoms with E-state index in [0.29, 0.717) is 25.2 Å². The Bertz CT molecular complexity index is 644. The second-order valence-electron chi connectivity index (χ2n) is 6.54. The van der Waals surface area contributed by atoms with Gasteiger partial charge in [0.15, 0.2) is 0 Å². The average Bonchev–Trinajstić information content (AvgIpc) is 3.05. The number of halogens is 1. The molecule has 0 unspecified atom stereocenters. The smallest absolute Gasteiger partial charge is 0.410 e. The monoisotopic (exact) mass is 354 g/mol. The molecule has 7 nitrogen and oxygen atoms in total. The number of carbonyl (C=O) groups is 1. The van der Waals surface area contributed by atoms with Crippen molar-refractivity contribution in [2.24, 2.45) is 0 Å².